The molecule has 0 radical (unpaired) electrons. The molecule has 2 N–H and O–H groups in total. The average Bonchev–Trinajstić information content (AvgIpc) is 2.34. The van der Waals surface area contributed by atoms with Crippen LogP contribution in [0.4, 0.5) is 0 Å². The fraction of sp³-hybridized carbons (Fsp3) is 1.00. The molecular formula is C18H32N2. The summed E-state index contributed by atoms with van der Waals surface area (Å²) < 4.78 is 0. The first-order chi connectivity index (χ1) is 9.60. The lowest BCUT2D eigenvalue weighted by Gasteiger charge is -2.57. The Balaban J connectivity index is 1.37. The highest BCUT2D eigenvalue weighted by Crippen LogP contribution is 2.61. The minimum Gasteiger partial charge on any atom is -0.327 e. The van der Waals surface area contributed by atoms with Gasteiger partial charge in [0.25, 0.3) is 0 Å². The fourth-order valence-electron chi connectivity index (χ4n) is 6.69. The molecular weight excluding hydrogens is 244 g/mol. The smallest absolute Gasteiger partial charge is 0.0170 e. The quantitative estimate of drug-likeness (QED) is 0.857. The Morgan fingerprint density at radius 2 is 1.55 bits per heavy atom. The van der Waals surface area contributed by atoms with Crippen molar-refractivity contribution in [3.05, 3.63) is 0 Å². The van der Waals surface area contributed by atoms with Gasteiger partial charge in [-0.25, -0.2) is 0 Å². The van der Waals surface area contributed by atoms with Gasteiger partial charge < -0.3 is 10.6 Å². The molecule has 20 heavy (non-hydrogen) atoms. The normalized spacial score (nSPS) is 51.6. The Morgan fingerprint density at radius 1 is 0.950 bits per heavy atom. The second-order valence-electron chi connectivity index (χ2n) is 9.03. The standard InChI is InChI=1S/C18H32N2/c1-13-4-17(19)12-20(11-13)3-2-18-8-14-5-15(9-18)7-16(6-14)10-18/h13-17H,2-12,19H2,1H3. The molecule has 0 aromatic rings. The van der Waals surface area contributed by atoms with Crippen LogP contribution in [0.3, 0.4) is 0 Å². The lowest BCUT2D eigenvalue weighted by Crippen LogP contribution is -2.50. The summed E-state index contributed by atoms with van der Waals surface area (Å²) in [4.78, 5) is 2.68. The zero-order chi connectivity index (χ0) is 13.7. The molecule has 0 aromatic carbocycles. The highest BCUT2D eigenvalue weighted by Gasteiger charge is 2.50. The summed E-state index contributed by atoms with van der Waals surface area (Å²) in [5, 5.41) is 0. The van der Waals surface area contributed by atoms with Gasteiger partial charge in [-0.2, -0.15) is 0 Å². The summed E-state index contributed by atoms with van der Waals surface area (Å²) in [6.45, 7) is 6.14. The molecule has 2 heteroatoms. The van der Waals surface area contributed by atoms with Crippen LogP contribution >= 0.6 is 0 Å². The molecule has 0 spiro atoms. The maximum Gasteiger partial charge on any atom is 0.0170 e. The molecule has 1 saturated heterocycles. The molecule has 1 heterocycles. The van der Waals surface area contributed by atoms with Gasteiger partial charge in [0.05, 0.1) is 0 Å². The van der Waals surface area contributed by atoms with E-state index >= 15 is 0 Å². The van der Waals surface area contributed by atoms with Crippen LogP contribution in [-0.2, 0) is 0 Å². The van der Waals surface area contributed by atoms with Crippen molar-refractivity contribution in [3.8, 4) is 0 Å². The average molecular weight is 276 g/mol. The van der Waals surface area contributed by atoms with E-state index in [9.17, 15) is 0 Å². The molecule has 5 rings (SSSR count). The number of hydrogen-bond acceptors (Lipinski definition) is 2. The van der Waals surface area contributed by atoms with Crippen molar-refractivity contribution in [1.82, 2.24) is 4.90 Å². The van der Waals surface area contributed by atoms with E-state index in [0.717, 1.165) is 35.6 Å². The van der Waals surface area contributed by atoms with Crippen LogP contribution in [0.2, 0.25) is 0 Å². The molecule has 1 aliphatic heterocycles. The predicted molar refractivity (Wildman–Crippen MR) is 83.4 cm³/mol. The van der Waals surface area contributed by atoms with Gasteiger partial charge in [0.2, 0.25) is 0 Å². The van der Waals surface area contributed by atoms with Crippen molar-refractivity contribution in [3.63, 3.8) is 0 Å². The number of nitrogens with zero attached hydrogens (tertiary/aromatic N) is 1. The van der Waals surface area contributed by atoms with Gasteiger partial charge in [0.15, 0.2) is 0 Å². The zero-order valence-corrected chi connectivity index (χ0v) is 13.2. The number of nitrogens with two attached hydrogens (primary N) is 1. The van der Waals surface area contributed by atoms with E-state index in [1.807, 2.05) is 0 Å². The van der Waals surface area contributed by atoms with Crippen molar-refractivity contribution in [2.75, 3.05) is 19.6 Å². The number of likely N-dealkylation sites (tertiary alicyclic amines) is 1. The highest BCUT2D eigenvalue weighted by atomic mass is 15.1. The van der Waals surface area contributed by atoms with Gasteiger partial charge in [-0.05, 0) is 87.0 Å². The van der Waals surface area contributed by atoms with Crippen LogP contribution in [0.5, 0.6) is 0 Å². The monoisotopic (exact) mass is 276 g/mol. The number of hydrogen-bond donors (Lipinski definition) is 1. The maximum atomic E-state index is 6.21. The van der Waals surface area contributed by atoms with Gasteiger partial charge in [-0.3, -0.25) is 0 Å². The Hall–Kier alpha value is -0.0800. The second kappa shape index (κ2) is 4.98. The zero-order valence-electron chi connectivity index (χ0n) is 13.2. The predicted octanol–water partition coefficient (Wildman–Crippen LogP) is 3.26. The molecule has 2 nitrogen and oxygen atoms in total. The van der Waals surface area contributed by atoms with Crippen molar-refractivity contribution < 1.29 is 0 Å². The van der Waals surface area contributed by atoms with Crippen molar-refractivity contribution in [2.24, 2.45) is 34.8 Å². The minimum absolute atomic E-state index is 0.426. The Bertz CT molecular complexity index is 319. The SMILES string of the molecule is CC1CC(N)CN(CCC23CC4CC(CC(C4)C2)C3)C1. The molecule has 4 saturated carbocycles. The molecule has 0 amide bonds. The third kappa shape index (κ3) is 2.54. The van der Waals surface area contributed by atoms with Crippen LogP contribution in [0.1, 0.15) is 58.3 Å². The van der Waals surface area contributed by atoms with E-state index in [1.54, 1.807) is 38.5 Å². The Labute approximate surface area is 124 Å². The lowest BCUT2D eigenvalue weighted by atomic mass is 9.49. The number of piperidine rings is 1. The lowest BCUT2D eigenvalue weighted by molar-refractivity contribution is -0.0623. The molecule has 5 aliphatic rings. The van der Waals surface area contributed by atoms with E-state index in [0.29, 0.717) is 6.04 Å². The summed E-state index contributed by atoms with van der Waals surface area (Å²) in [5.41, 5.74) is 6.96. The van der Waals surface area contributed by atoms with Crippen LogP contribution in [-0.4, -0.2) is 30.6 Å². The van der Waals surface area contributed by atoms with Crippen LogP contribution in [0, 0.1) is 29.1 Å². The third-order valence-electron chi connectivity index (χ3n) is 6.89. The fourth-order valence-corrected chi connectivity index (χ4v) is 6.69. The molecule has 0 aromatic heterocycles. The molecule has 4 aliphatic carbocycles. The largest absolute Gasteiger partial charge is 0.327 e. The summed E-state index contributed by atoms with van der Waals surface area (Å²) in [6, 6.07) is 0.426. The molecule has 5 fully saturated rings. The van der Waals surface area contributed by atoms with Crippen LogP contribution in [0.15, 0.2) is 0 Å². The first-order valence-corrected chi connectivity index (χ1v) is 9.08. The van der Waals surface area contributed by atoms with Gasteiger partial charge in [0, 0.05) is 19.1 Å². The van der Waals surface area contributed by atoms with E-state index in [-0.39, 0.29) is 0 Å². The maximum absolute atomic E-state index is 6.21. The molecule has 2 atom stereocenters. The highest BCUT2D eigenvalue weighted by molar-refractivity contribution is 5.01. The first-order valence-electron chi connectivity index (χ1n) is 9.08. The molecule has 4 bridgehead atoms. The molecule has 2 unspecified atom stereocenters. The Morgan fingerprint density at radius 3 is 2.10 bits per heavy atom. The first kappa shape index (κ1) is 13.6. The summed E-state index contributed by atoms with van der Waals surface area (Å²) in [7, 11) is 0. The van der Waals surface area contributed by atoms with Crippen molar-refractivity contribution >= 4 is 0 Å². The Kier molecular flexibility index (Phi) is 3.38. The van der Waals surface area contributed by atoms with E-state index in [2.05, 4.69) is 11.8 Å². The summed E-state index contributed by atoms with van der Waals surface area (Å²) >= 11 is 0. The van der Waals surface area contributed by atoms with Crippen molar-refractivity contribution in [1.29, 1.82) is 0 Å². The summed E-state index contributed by atoms with van der Waals surface area (Å²) in [5.74, 6) is 4.10. The third-order valence-corrected chi connectivity index (χ3v) is 6.89. The minimum atomic E-state index is 0.426. The van der Waals surface area contributed by atoms with E-state index in [4.69, 9.17) is 5.73 Å². The molecule has 114 valence electrons. The van der Waals surface area contributed by atoms with Gasteiger partial charge in [-0.1, -0.05) is 6.92 Å². The van der Waals surface area contributed by atoms with Gasteiger partial charge >= 0.3 is 0 Å². The number of rotatable bonds is 3. The van der Waals surface area contributed by atoms with Crippen LogP contribution < -0.4 is 5.73 Å². The topological polar surface area (TPSA) is 29.3 Å². The summed E-state index contributed by atoms with van der Waals surface area (Å²) in [6.07, 6.45) is 12.1. The van der Waals surface area contributed by atoms with Crippen molar-refractivity contribution in [2.45, 2.75) is 64.3 Å². The van der Waals surface area contributed by atoms with Gasteiger partial charge in [-0.15, -0.1) is 0 Å². The second-order valence-corrected chi connectivity index (χ2v) is 9.03. The van der Waals surface area contributed by atoms with E-state index < -0.39 is 0 Å². The van der Waals surface area contributed by atoms with Crippen LogP contribution in [0.25, 0.3) is 0 Å². The van der Waals surface area contributed by atoms with Gasteiger partial charge in [0.1, 0.15) is 0 Å². The van der Waals surface area contributed by atoms with E-state index in [1.165, 1.54) is 25.9 Å².